The molecular weight excluding hydrogens is 258 g/mol. The van der Waals surface area contributed by atoms with Crippen LogP contribution < -0.4 is 4.18 Å². The fraction of sp³-hybridized carbons (Fsp3) is 0.300. The average Bonchev–Trinajstić information content (AvgIpc) is 2.26. The first-order valence-electron chi connectivity index (χ1n) is 4.77. The third kappa shape index (κ3) is 3.43. The van der Waals surface area contributed by atoms with E-state index >= 15 is 0 Å². The normalized spacial score (nSPS) is 10.6. The van der Waals surface area contributed by atoms with E-state index < -0.39 is 16.0 Å². The first-order chi connectivity index (χ1) is 8.24. The molecule has 18 heavy (non-hydrogen) atoms. The Bertz CT molecular complexity index is 617. The molecule has 0 unspecified atom stereocenters. The molecule has 1 amide bonds. The van der Waals surface area contributed by atoms with Crippen molar-refractivity contribution < 1.29 is 17.4 Å². The van der Waals surface area contributed by atoms with Crippen molar-refractivity contribution >= 4 is 16.0 Å². The van der Waals surface area contributed by atoms with Gasteiger partial charge in [0.15, 0.2) is 11.4 Å². The third-order valence-electron chi connectivity index (χ3n) is 1.83. The van der Waals surface area contributed by atoms with E-state index in [4.69, 9.17) is 5.26 Å². The summed E-state index contributed by atoms with van der Waals surface area (Å²) in [6.07, 6.45) is 0.854. The summed E-state index contributed by atoms with van der Waals surface area (Å²) in [6, 6.07) is 4.20. The number of nitrogens with zero attached hydrogens (tertiary/aromatic N) is 3. The lowest BCUT2D eigenvalue weighted by Gasteiger charge is -2.10. The van der Waals surface area contributed by atoms with Crippen molar-refractivity contribution in [2.24, 2.45) is 0 Å². The van der Waals surface area contributed by atoms with Crippen molar-refractivity contribution in [3.05, 3.63) is 23.5 Å². The van der Waals surface area contributed by atoms with Crippen LogP contribution >= 0.6 is 0 Å². The molecule has 96 valence electrons. The lowest BCUT2D eigenvalue weighted by molar-refractivity contribution is 0.0822. The van der Waals surface area contributed by atoms with Gasteiger partial charge in [-0.05, 0) is 12.1 Å². The Labute approximate surface area is 105 Å². The van der Waals surface area contributed by atoms with E-state index in [1.165, 1.54) is 31.1 Å². The number of nitriles is 1. The highest BCUT2D eigenvalue weighted by molar-refractivity contribution is 7.86. The second kappa shape index (κ2) is 5.01. The van der Waals surface area contributed by atoms with Crippen molar-refractivity contribution in [1.29, 1.82) is 5.26 Å². The van der Waals surface area contributed by atoms with E-state index in [-0.39, 0.29) is 17.1 Å². The smallest absolute Gasteiger partial charge is 0.306 e. The highest BCUT2D eigenvalue weighted by Gasteiger charge is 2.16. The Morgan fingerprint density at radius 2 is 2.06 bits per heavy atom. The van der Waals surface area contributed by atoms with E-state index in [0.29, 0.717) is 0 Å². The molecule has 1 aromatic rings. The molecule has 0 aliphatic carbocycles. The van der Waals surface area contributed by atoms with Crippen molar-refractivity contribution in [2.45, 2.75) is 0 Å². The summed E-state index contributed by atoms with van der Waals surface area (Å²) in [7, 11) is -0.668. The quantitative estimate of drug-likeness (QED) is 0.715. The Morgan fingerprint density at radius 1 is 1.44 bits per heavy atom. The van der Waals surface area contributed by atoms with Gasteiger partial charge in [-0.25, -0.2) is 4.98 Å². The van der Waals surface area contributed by atoms with Gasteiger partial charge in [-0.15, -0.1) is 0 Å². The molecule has 0 aliphatic rings. The first kappa shape index (κ1) is 13.9. The second-order valence-corrected chi connectivity index (χ2v) is 5.22. The molecule has 0 bridgehead atoms. The molecule has 0 fully saturated rings. The van der Waals surface area contributed by atoms with Crippen molar-refractivity contribution in [3.63, 3.8) is 0 Å². The standard InChI is InChI=1S/C10H11N3O4S/c1-13(2)10(14)7-4-5-9(8(6-11)12-7)17-18(3,15)16/h4-5H,1-3H3. The van der Waals surface area contributed by atoms with Gasteiger partial charge >= 0.3 is 10.1 Å². The number of amides is 1. The zero-order valence-electron chi connectivity index (χ0n) is 10.0. The summed E-state index contributed by atoms with van der Waals surface area (Å²) in [4.78, 5) is 16.7. The predicted molar refractivity (Wildman–Crippen MR) is 62.4 cm³/mol. The molecule has 8 heteroatoms. The van der Waals surface area contributed by atoms with Gasteiger partial charge in [0.1, 0.15) is 11.8 Å². The molecule has 0 saturated carbocycles. The molecule has 0 N–H and O–H groups in total. The fourth-order valence-electron chi connectivity index (χ4n) is 1.11. The number of hydrogen-bond acceptors (Lipinski definition) is 6. The molecule has 0 saturated heterocycles. The van der Waals surface area contributed by atoms with Gasteiger partial charge in [-0.3, -0.25) is 4.79 Å². The molecule has 1 aromatic heterocycles. The van der Waals surface area contributed by atoms with Crippen molar-refractivity contribution in [2.75, 3.05) is 20.4 Å². The van der Waals surface area contributed by atoms with Crippen LogP contribution in [0.3, 0.4) is 0 Å². The Balaban J connectivity index is 3.21. The van der Waals surface area contributed by atoms with Crippen molar-refractivity contribution in [1.82, 2.24) is 9.88 Å². The SMILES string of the molecule is CN(C)C(=O)c1ccc(OS(C)(=O)=O)c(C#N)n1. The van der Waals surface area contributed by atoms with Gasteiger partial charge in [0.25, 0.3) is 5.91 Å². The van der Waals surface area contributed by atoms with Gasteiger partial charge in [-0.2, -0.15) is 13.7 Å². The maximum atomic E-state index is 11.6. The summed E-state index contributed by atoms with van der Waals surface area (Å²) in [5.41, 5.74) is -0.217. The minimum absolute atomic E-state index is 0.0393. The van der Waals surface area contributed by atoms with Crippen LogP contribution in [0.25, 0.3) is 0 Å². The van der Waals surface area contributed by atoms with Crippen LogP contribution in [0.2, 0.25) is 0 Å². The first-order valence-corrected chi connectivity index (χ1v) is 6.58. The highest BCUT2D eigenvalue weighted by Crippen LogP contribution is 2.18. The topological polar surface area (TPSA) is 100 Å². The zero-order valence-corrected chi connectivity index (χ0v) is 10.9. The van der Waals surface area contributed by atoms with Crippen LogP contribution in [0.1, 0.15) is 16.2 Å². The van der Waals surface area contributed by atoms with Crippen LogP contribution in [0.4, 0.5) is 0 Å². The Morgan fingerprint density at radius 3 is 2.50 bits per heavy atom. The van der Waals surface area contributed by atoms with Crippen LogP contribution in [0.5, 0.6) is 5.75 Å². The summed E-state index contributed by atoms with van der Waals surface area (Å²) in [5.74, 6) is -0.590. The Kier molecular flexibility index (Phi) is 3.88. The van der Waals surface area contributed by atoms with E-state index in [1.54, 1.807) is 6.07 Å². The predicted octanol–water partition coefficient (Wildman–Crippen LogP) is -0.00652. The van der Waals surface area contributed by atoms with E-state index in [1.807, 2.05) is 0 Å². The lowest BCUT2D eigenvalue weighted by Crippen LogP contribution is -2.23. The summed E-state index contributed by atoms with van der Waals surface area (Å²) < 4.78 is 26.5. The van der Waals surface area contributed by atoms with Gasteiger partial charge in [0, 0.05) is 14.1 Å². The largest absolute Gasteiger partial charge is 0.379 e. The number of aromatic nitrogens is 1. The summed E-state index contributed by atoms with van der Waals surface area (Å²) in [5, 5.41) is 8.85. The molecular formula is C10H11N3O4S. The van der Waals surface area contributed by atoms with Gasteiger partial charge in [0.2, 0.25) is 0 Å². The molecule has 7 nitrogen and oxygen atoms in total. The maximum Gasteiger partial charge on any atom is 0.306 e. The van der Waals surface area contributed by atoms with Gasteiger partial charge in [0.05, 0.1) is 6.26 Å². The molecule has 0 atom stereocenters. The zero-order chi connectivity index (χ0) is 13.9. The monoisotopic (exact) mass is 269 g/mol. The number of carbonyl (C=O) groups is 1. The molecule has 0 spiro atoms. The van der Waals surface area contributed by atoms with Gasteiger partial charge < -0.3 is 9.08 Å². The maximum absolute atomic E-state index is 11.6. The minimum atomic E-state index is -3.75. The third-order valence-corrected chi connectivity index (χ3v) is 2.31. The molecule has 0 radical (unpaired) electrons. The molecule has 0 aromatic carbocycles. The van der Waals surface area contributed by atoms with Gasteiger partial charge in [-0.1, -0.05) is 0 Å². The van der Waals surface area contributed by atoms with Crippen molar-refractivity contribution in [3.8, 4) is 11.8 Å². The second-order valence-electron chi connectivity index (χ2n) is 3.64. The molecule has 1 rings (SSSR count). The van der Waals surface area contributed by atoms with E-state index in [2.05, 4.69) is 9.17 Å². The van der Waals surface area contributed by atoms with E-state index in [0.717, 1.165) is 6.26 Å². The molecule has 0 aliphatic heterocycles. The summed E-state index contributed by atoms with van der Waals surface area (Å²) in [6.45, 7) is 0. The number of rotatable bonds is 3. The van der Waals surface area contributed by atoms with E-state index in [9.17, 15) is 13.2 Å². The van der Waals surface area contributed by atoms with Crippen LogP contribution in [-0.4, -0.2) is 44.6 Å². The highest BCUT2D eigenvalue weighted by atomic mass is 32.2. The Hall–Kier alpha value is -2.14. The van der Waals surface area contributed by atoms with Crippen LogP contribution in [0.15, 0.2) is 12.1 Å². The van der Waals surface area contributed by atoms with Crippen LogP contribution in [0, 0.1) is 11.3 Å². The molecule has 1 heterocycles. The summed E-state index contributed by atoms with van der Waals surface area (Å²) >= 11 is 0. The number of carbonyl (C=O) groups excluding carboxylic acids is 1. The number of pyridine rings is 1. The average molecular weight is 269 g/mol. The van der Waals surface area contributed by atoms with Crippen LogP contribution in [-0.2, 0) is 10.1 Å². The number of hydrogen-bond donors (Lipinski definition) is 0. The fourth-order valence-corrected chi connectivity index (χ4v) is 1.57. The lowest BCUT2D eigenvalue weighted by atomic mass is 10.2. The minimum Gasteiger partial charge on any atom is -0.379 e.